The maximum atomic E-state index is 13.7. The molecule has 0 radical (unpaired) electrons. The van der Waals surface area contributed by atoms with Gasteiger partial charge in [0.05, 0.1) is 0 Å². The average molecular weight is 299 g/mol. The molecule has 22 heavy (non-hydrogen) atoms. The number of amides is 1. The molecule has 4 nitrogen and oxygen atoms in total. The summed E-state index contributed by atoms with van der Waals surface area (Å²) >= 11 is 0. The number of carbonyl (C=O) groups excluding carboxylic acids is 1. The van der Waals surface area contributed by atoms with Crippen molar-refractivity contribution in [2.45, 2.75) is 18.9 Å². The summed E-state index contributed by atoms with van der Waals surface area (Å²) in [7, 11) is 0. The lowest BCUT2D eigenvalue weighted by atomic mass is 10.0. The Balaban J connectivity index is 1.67. The second-order valence-electron chi connectivity index (χ2n) is 5.43. The number of halogens is 1. The molecule has 1 aliphatic heterocycles. The first-order valence-electron chi connectivity index (χ1n) is 7.45. The van der Waals surface area contributed by atoms with Gasteiger partial charge in [0.2, 0.25) is 0 Å². The molecule has 0 bridgehead atoms. The number of anilines is 1. The molecule has 1 unspecified atom stereocenters. The molecule has 114 valence electrons. The van der Waals surface area contributed by atoms with E-state index in [0.29, 0.717) is 12.1 Å². The zero-order chi connectivity index (χ0) is 15.4. The average Bonchev–Trinajstić information content (AvgIpc) is 2.57. The molecule has 0 spiro atoms. The lowest BCUT2D eigenvalue weighted by Crippen LogP contribution is -2.45. The molecule has 1 saturated heterocycles. The highest BCUT2D eigenvalue weighted by Gasteiger charge is 2.25. The van der Waals surface area contributed by atoms with Crippen molar-refractivity contribution < 1.29 is 9.18 Å². The van der Waals surface area contributed by atoms with Gasteiger partial charge in [0.25, 0.3) is 5.91 Å². The fourth-order valence-corrected chi connectivity index (χ4v) is 2.73. The fraction of sp³-hybridized carbons (Fsp3) is 0.294. The van der Waals surface area contributed by atoms with Crippen LogP contribution in [0.25, 0.3) is 0 Å². The Morgan fingerprint density at radius 2 is 2.05 bits per heavy atom. The monoisotopic (exact) mass is 299 g/mol. The Bertz CT molecular complexity index is 647. The van der Waals surface area contributed by atoms with E-state index in [2.05, 4.69) is 10.3 Å². The van der Waals surface area contributed by atoms with Crippen LogP contribution in [0.3, 0.4) is 0 Å². The summed E-state index contributed by atoms with van der Waals surface area (Å²) in [6, 6.07) is 12.2. The summed E-state index contributed by atoms with van der Waals surface area (Å²) in [5.41, 5.74) is 0.687. The van der Waals surface area contributed by atoms with Crippen molar-refractivity contribution in [3.8, 4) is 0 Å². The molecule has 1 aromatic heterocycles. The predicted octanol–water partition coefficient (Wildman–Crippen LogP) is 2.94. The van der Waals surface area contributed by atoms with Gasteiger partial charge in [0, 0.05) is 30.9 Å². The number of benzene rings is 1. The van der Waals surface area contributed by atoms with Crippen molar-refractivity contribution in [1.82, 2.24) is 9.88 Å². The van der Waals surface area contributed by atoms with E-state index in [-0.39, 0.29) is 23.6 Å². The molecular formula is C17H18FN3O. The number of nitrogens with zero attached hydrogens (tertiary/aromatic N) is 2. The Hall–Kier alpha value is -2.43. The smallest absolute Gasteiger partial charge is 0.253 e. The lowest BCUT2D eigenvalue weighted by Gasteiger charge is -2.33. The maximum absolute atomic E-state index is 13.7. The highest BCUT2D eigenvalue weighted by Crippen LogP contribution is 2.18. The van der Waals surface area contributed by atoms with Crippen molar-refractivity contribution >= 4 is 11.7 Å². The third kappa shape index (κ3) is 3.24. The van der Waals surface area contributed by atoms with E-state index in [9.17, 15) is 9.18 Å². The number of piperidine rings is 1. The minimum absolute atomic E-state index is 0.0193. The van der Waals surface area contributed by atoms with Crippen LogP contribution < -0.4 is 5.32 Å². The Morgan fingerprint density at radius 1 is 1.23 bits per heavy atom. The van der Waals surface area contributed by atoms with Gasteiger partial charge in [-0.2, -0.15) is 0 Å². The second kappa shape index (κ2) is 6.56. The first kappa shape index (κ1) is 14.5. The first-order valence-corrected chi connectivity index (χ1v) is 7.45. The number of pyridine rings is 1. The quantitative estimate of drug-likeness (QED) is 0.948. The molecule has 1 aromatic carbocycles. The van der Waals surface area contributed by atoms with Gasteiger partial charge in [-0.05, 0) is 37.1 Å². The molecular weight excluding hydrogens is 281 g/mol. The van der Waals surface area contributed by atoms with E-state index in [0.717, 1.165) is 19.4 Å². The van der Waals surface area contributed by atoms with Gasteiger partial charge < -0.3 is 10.2 Å². The Morgan fingerprint density at radius 3 is 2.82 bits per heavy atom. The van der Waals surface area contributed by atoms with E-state index in [4.69, 9.17) is 0 Å². The Kier molecular flexibility index (Phi) is 4.32. The van der Waals surface area contributed by atoms with Crippen LogP contribution in [-0.2, 0) is 0 Å². The maximum Gasteiger partial charge on any atom is 0.253 e. The first-order chi connectivity index (χ1) is 10.7. The van der Waals surface area contributed by atoms with Crippen LogP contribution in [0.15, 0.2) is 48.7 Å². The molecule has 3 rings (SSSR count). The van der Waals surface area contributed by atoms with Crippen LogP contribution in [0, 0.1) is 5.82 Å². The number of aromatic nitrogens is 1. The van der Waals surface area contributed by atoms with Crippen LogP contribution in [0.1, 0.15) is 23.2 Å². The summed E-state index contributed by atoms with van der Waals surface area (Å²) in [6.07, 6.45) is 3.35. The topological polar surface area (TPSA) is 45.2 Å². The van der Waals surface area contributed by atoms with Gasteiger partial charge in [0.1, 0.15) is 0 Å². The third-order valence-electron chi connectivity index (χ3n) is 3.83. The highest BCUT2D eigenvalue weighted by atomic mass is 19.1. The summed E-state index contributed by atoms with van der Waals surface area (Å²) in [5.74, 6) is -0.0934. The number of nitrogens with one attached hydrogen (secondary N) is 1. The van der Waals surface area contributed by atoms with E-state index < -0.39 is 0 Å². The largest absolute Gasteiger partial charge is 0.363 e. The van der Waals surface area contributed by atoms with Crippen molar-refractivity contribution in [2.75, 3.05) is 18.4 Å². The summed E-state index contributed by atoms with van der Waals surface area (Å²) in [5, 5.41) is 3.11. The number of rotatable bonds is 3. The zero-order valence-corrected chi connectivity index (χ0v) is 12.2. The van der Waals surface area contributed by atoms with Crippen LogP contribution in [0.2, 0.25) is 0 Å². The molecule has 2 aromatic rings. The van der Waals surface area contributed by atoms with Gasteiger partial charge in [0.15, 0.2) is 11.6 Å². The van der Waals surface area contributed by atoms with E-state index in [1.165, 1.54) is 6.07 Å². The minimum Gasteiger partial charge on any atom is -0.363 e. The number of hydrogen-bond acceptors (Lipinski definition) is 3. The normalized spacial score (nSPS) is 18.0. The molecule has 1 amide bonds. The zero-order valence-electron chi connectivity index (χ0n) is 12.2. The van der Waals surface area contributed by atoms with E-state index in [1.807, 2.05) is 35.2 Å². The SMILES string of the molecule is O=C(c1ccccc1)N1CCCC(Nc2ncccc2F)C1. The van der Waals surface area contributed by atoms with Gasteiger partial charge in [-0.25, -0.2) is 9.37 Å². The lowest BCUT2D eigenvalue weighted by molar-refractivity contribution is 0.0714. The number of likely N-dealkylation sites (tertiary alicyclic amines) is 1. The summed E-state index contributed by atoms with van der Waals surface area (Å²) in [6.45, 7) is 1.29. The second-order valence-corrected chi connectivity index (χ2v) is 5.43. The van der Waals surface area contributed by atoms with Gasteiger partial charge in [-0.1, -0.05) is 18.2 Å². The molecule has 0 saturated carbocycles. The molecule has 1 fully saturated rings. The molecule has 0 aliphatic carbocycles. The summed E-state index contributed by atoms with van der Waals surface area (Å²) < 4.78 is 13.7. The van der Waals surface area contributed by atoms with Gasteiger partial charge in [-0.15, -0.1) is 0 Å². The van der Waals surface area contributed by atoms with Crippen molar-refractivity contribution in [3.63, 3.8) is 0 Å². The minimum atomic E-state index is -0.367. The van der Waals surface area contributed by atoms with Gasteiger partial charge in [-0.3, -0.25) is 4.79 Å². The molecule has 1 N–H and O–H groups in total. The van der Waals surface area contributed by atoms with Gasteiger partial charge >= 0.3 is 0 Å². The van der Waals surface area contributed by atoms with E-state index in [1.54, 1.807) is 12.3 Å². The molecule has 1 atom stereocenters. The molecule has 2 heterocycles. The highest BCUT2D eigenvalue weighted by molar-refractivity contribution is 5.94. The van der Waals surface area contributed by atoms with Crippen molar-refractivity contribution in [2.24, 2.45) is 0 Å². The standard InChI is InChI=1S/C17H18FN3O/c18-15-9-4-10-19-16(15)20-14-8-5-11-21(12-14)17(22)13-6-2-1-3-7-13/h1-4,6-7,9-10,14H,5,8,11-12H2,(H,19,20). The van der Waals surface area contributed by atoms with Crippen LogP contribution in [0.4, 0.5) is 10.2 Å². The van der Waals surface area contributed by atoms with Crippen LogP contribution in [0.5, 0.6) is 0 Å². The molecule has 5 heteroatoms. The van der Waals surface area contributed by atoms with Crippen LogP contribution in [-0.4, -0.2) is 34.9 Å². The molecule has 1 aliphatic rings. The number of hydrogen-bond donors (Lipinski definition) is 1. The third-order valence-corrected chi connectivity index (χ3v) is 3.83. The predicted molar refractivity (Wildman–Crippen MR) is 83.2 cm³/mol. The number of carbonyl (C=O) groups is 1. The fourth-order valence-electron chi connectivity index (χ4n) is 2.73. The summed E-state index contributed by atoms with van der Waals surface area (Å²) in [4.78, 5) is 18.3. The van der Waals surface area contributed by atoms with Crippen molar-refractivity contribution in [3.05, 3.63) is 60.0 Å². The van der Waals surface area contributed by atoms with Crippen molar-refractivity contribution in [1.29, 1.82) is 0 Å². The van der Waals surface area contributed by atoms with E-state index >= 15 is 0 Å². The van der Waals surface area contributed by atoms with Crippen LogP contribution >= 0.6 is 0 Å². The Labute approximate surface area is 129 Å².